The summed E-state index contributed by atoms with van der Waals surface area (Å²) in [6.45, 7) is 4.37. The molecule has 0 saturated heterocycles. The highest BCUT2D eigenvalue weighted by Crippen LogP contribution is 2.05. The van der Waals surface area contributed by atoms with Crippen LogP contribution in [0.4, 0.5) is 0 Å². The summed E-state index contributed by atoms with van der Waals surface area (Å²) in [6, 6.07) is 0. The van der Waals surface area contributed by atoms with Crippen molar-refractivity contribution in [3.63, 3.8) is 0 Å². The van der Waals surface area contributed by atoms with E-state index in [2.05, 4.69) is 20.7 Å². The van der Waals surface area contributed by atoms with E-state index in [1.807, 2.05) is 13.8 Å². The molecule has 0 spiro atoms. The molecule has 0 aliphatic heterocycles. The van der Waals surface area contributed by atoms with Crippen LogP contribution in [0.2, 0.25) is 0 Å². The van der Waals surface area contributed by atoms with Crippen LogP contribution in [0.25, 0.3) is 0 Å². The van der Waals surface area contributed by atoms with Gasteiger partial charge in [0.15, 0.2) is 0 Å². The molecular weight excluding hydrogens is 224 g/mol. The lowest BCUT2D eigenvalue weighted by atomic mass is 10.3. The second kappa shape index (κ2) is 6.43. The number of carbonyl (C=O) groups excluding carboxylic acids is 1. The molecule has 0 saturated carbocycles. The van der Waals surface area contributed by atoms with E-state index in [-0.39, 0.29) is 16.9 Å². The summed E-state index contributed by atoms with van der Waals surface area (Å²) < 4.78 is 9.84. The van der Waals surface area contributed by atoms with Crippen LogP contribution in [0.15, 0.2) is 0 Å². The van der Waals surface area contributed by atoms with E-state index in [1.165, 1.54) is 7.11 Å². The van der Waals surface area contributed by atoms with Crippen molar-refractivity contribution in [3.05, 3.63) is 0 Å². The molecule has 72 valence electrons. The van der Waals surface area contributed by atoms with Crippen LogP contribution in [0.1, 0.15) is 20.3 Å². The monoisotopic (exact) mass is 238 g/mol. The lowest BCUT2D eigenvalue weighted by molar-refractivity contribution is -0.141. The Balaban J connectivity index is 3.56. The van der Waals surface area contributed by atoms with Crippen LogP contribution in [0.5, 0.6) is 0 Å². The number of halogens is 1. The van der Waals surface area contributed by atoms with Crippen molar-refractivity contribution < 1.29 is 14.3 Å². The third-order valence-corrected chi connectivity index (χ3v) is 2.20. The van der Waals surface area contributed by atoms with E-state index in [0.29, 0.717) is 6.61 Å². The molecule has 0 radical (unpaired) electrons. The Labute approximate surface area is 81.6 Å². The Kier molecular flexibility index (Phi) is 6.38. The van der Waals surface area contributed by atoms with E-state index < -0.39 is 0 Å². The number of hydrogen-bond acceptors (Lipinski definition) is 3. The zero-order valence-electron chi connectivity index (χ0n) is 7.67. The average Bonchev–Trinajstić information content (AvgIpc) is 2.11. The first-order valence-electron chi connectivity index (χ1n) is 3.95. The molecule has 2 atom stereocenters. The molecule has 0 heterocycles. The largest absolute Gasteiger partial charge is 0.468 e. The third kappa shape index (κ3) is 4.72. The maximum atomic E-state index is 10.9. The molecule has 0 aromatic heterocycles. The zero-order chi connectivity index (χ0) is 9.56. The summed E-state index contributed by atoms with van der Waals surface area (Å²) in [5, 5.41) is 0. The van der Waals surface area contributed by atoms with Crippen LogP contribution in [-0.4, -0.2) is 30.6 Å². The highest BCUT2D eigenvalue weighted by atomic mass is 79.9. The normalized spacial score (nSPS) is 15.3. The minimum absolute atomic E-state index is 0.190. The van der Waals surface area contributed by atoms with Gasteiger partial charge in [-0.1, -0.05) is 22.9 Å². The van der Waals surface area contributed by atoms with Gasteiger partial charge in [0.05, 0.1) is 19.8 Å². The Morgan fingerprint density at radius 3 is 2.58 bits per heavy atom. The van der Waals surface area contributed by atoms with Gasteiger partial charge in [-0.3, -0.25) is 4.79 Å². The van der Waals surface area contributed by atoms with Crippen molar-refractivity contribution in [3.8, 4) is 0 Å². The Hall–Kier alpha value is -0.0900. The van der Waals surface area contributed by atoms with Crippen molar-refractivity contribution in [1.29, 1.82) is 0 Å². The molecule has 0 rings (SSSR count). The predicted molar refractivity (Wildman–Crippen MR) is 50.4 cm³/mol. The van der Waals surface area contributed by atoms with Gasteiger partial charge in [-0.2, -0.15) is 0 Å². The quantitative estimate of drug-likeness (QED) is 0.541. The lowest BCUT2D eigenvalue weighted by Crippen LogP contribution is -2.23. The summed E-state index contributed by atoms with van der Waals surface area (Å²) in [5.41, 5.74) is 0. The fourth-order valence-corrected chi connectivity index (χ4v) is 0.902. The fourth-order valence-electron chi connectivity index (χ4n) is 0.563. The maximum Gasteiger partial charge on any atom is 0.321 e. The molecule has 3 nitrogen and oxygen atoms in total. The van der Waals surface area contributed by atoms with E-state index in [1.54, 1.807) is 0 Å². The van der Waals surface area contributed by atoms with Crippen molar-refractivity contribution in [2.45, 2.75) is 31.2 Å². The smallest absolute Gasteiger partial charge is 0.321 e. The number of ether oxygens (including phenoxy) is 2. The Morgan fingerprint density at radius 2 is 2.17 bits per heavy atom. The van der Waals surface area contributed by atoms with E-state index in [0.717, 1.165) is 6.42 Å². The third-order valence-electron chi connectivity index (χ3n) is 1.56. The molecule has 0 amide bonds. The molecule has 2 unspecified atom stereocenters. The molecule has 0 aliphatic carbocycles. The Bertz CT molecular complexity index is 138. The van der Waals surface area contributed by atoms with Crippen LogP contribution >= 0.6 is 15.9 Å². The molecule has 0 bridgehead atoms. The molecule has 0 N–H and O–H groups in total. The topological polar surface area (TPSA) is 35.5 Å². The fraction of sp³-hybridized carbons (Fsp3) is 0.875. The number of esters is 1. The summed E-state index contributed by atoms with van der Waals surface area (Å²) in [6.07, 6.45) is 1.13. The average molecular weight is 239 g/mol. The Morgan fingerprint density at radius 1 is 1.58 bits per heavy atom. The van der Waals surface area contributed by atoms with Crippen LogP contribution in [-0.2, 0) is 14.3 Å². The van der Waals surface area contributed by atoms with Gasteiger partial charge in [-0.05, 0) is 13.3 Å². The number of hydrogen-bond donors (Lipinski definition) is 0. The minimum Gasteiger partial charge on any atom is -0.468 e. The van der Waals surface area contributed by atoms with Gasteiger partial charge in [-0.25, -0.2) is 0 Å². The predicted octanol–water partition coefficient (Wildman–Crippen LogP) is 1.74. The molecule has 0 aromatic carbocycles. The second-order valence-corrected chi connectivity index (χ2v) is 3.65. The van der Waals surface area contributed by atoms with Crippen molar-refractivity contribution in [2.75, 3.05) is 13.7 Å². The first kappa shape index (κ1) is 11.9. The van der Waals surface area contributed by atoms with E-state index in [4.69, 9.17) is 4.74 Å². The van der Waals surface area contributed by atoms with Crippen molar-refractivity contribution in [2.24, 2.45) is 0 Å². The molecule has 4 heteroatoms. The second-order valence-electron chi connectivity index (χ2n) is 2.54. The summed E-state index contributed by atoms with van der Waals surface area (Å²) in [4.78, 5) is 10.5. The number of rotatable bonds is 5. The van der Waals surface area contributed by atoms with Gasteiger partial charge in [0, 0.05) is 0 Å². The molecule has 0 aromatic rings. The lowest BCUT2D eigenvalue weighted by Gasteiger charge is -2.12. The van der Waals surface area contributed by atoms with Gasteiger partial charge < -0.3 is 9.47 Å². The molecule has 0 fully saturated rings. The highest BCUT2D eigenvalue weighted by molar-refractivity contribution is 9.10. The summed E-state index contributed by atoms with van der Waals surface area (Å²) in [5.74, 6) is -0.293. The minimum atomic E-state index is -0.350. The number of methoxy groups -OCH3 is 1. The number of carbonyl (C=O) groups is 1. The SMILES string of the molecule is CCC(C)OCC(Br)C(=O)OC. The van der Waals surface area contributed by atoms with Crippen LogP contribution < -0.4 is 0 Å². The zero-order valence-corrected chi connectivity index (χ0v) is 9.26. The maximum absolute atomic E-state index is 10.9. The standard InChI is InChI=1S/C8H15BrO3/c1-4-6(2)12-5-7(9)8(10)11-3/h6-7H,4-5H2,1-3H3. The van der Waals surface area contributed by atoms with Crippen LogP contribution in [0, 0.1) is 0 Å². The van der Waals surface area contributed by atoms with Gasteiger partial charge in [0.25, 0.3) is 0 Å². The summed E-state index contributed by atoms with van der Waals surface area (Å²) in [7, 11) is 1.36. The van der Waals surface area contributed by atoms with E-state index >= 15 is 0 Å². The highest BCUT2D eigenvalue weighted by Gasteiger charge is 2.15. The molecular formula is C8H15BrO3. The van der Waals surface area contributed by atoms with Gasteiger partial charge in [-0.15, -0.1) is 0 Å². The van der Waals surface area contributed by atoms with Gasteiger partial charge >= 0.3 is 5.97 Å². The summed E-state index contributed by atoms with van der Waals surface area (Å²) >= 11 is 3.16. The number of alkyl halides is 1. The van der Waals surface area contributed by atoms with Crippen molar-refractivity contribution in [1.82, 2.24) is 0 Å². The van der Waals surface area contributed by atoms with Gasteiger partial charge in [0.2, 0.25) is 0 Å². The molecule has 12 heavy (non-hydrogen) atoms. The first-order valence-corrected chi connectivity index (χ1v) is 4.86. The van der Waals surface area contributed by atoms with E-state index in [9.17, 15) is 4.79 Å². The first-order chi connectivity index (χ1) is 5.61. The van der Waals surface area contributed by atoms with Crippen LogP contribution in [0.3, 0.4) is 0 Å². The molecule has 0 aliphatic rings. The van der Waals surface area contributed by atoms with Gasteiger partial charge in [0.1, 0.15) is 4.83 Å². The van der Waals surface area contributed by atoms with Crippen molar-refractivity contribution >= 4 is 21.9 Å².